The predicted octanol–water partition coefficient (Wildman–Crippen LogP) is 2.74. The summed E-state index contributed by atoms with van der Waals surface area (Å²) in [5.41, 5.74) is 4.61. The van der Waals surface area contributed by atoms with Crippen molar-refractivity contribution in [1.82, 2.24) is 15.2 Å². The number of anilines is 1. The van der Waals surface area contributed by atoms with E-state index in [0.29, 0.717) is 24.5 Å². The fourth-order valence-electron chi connectivity index (χ4n) is 2.97. The zero-order valence-corrected chi connectivity index (χ0v) is 15.8. The van der Waals surface area contributed by atoms with Gasteiger partial charge in [0.1, 0.15) is 0 Å². The first-order valence-corrected chi connectivity index (χ1v) is 9.28. The van der Waals surface area contributed by atoms with Gasteiger partial charge in [-0.1, -0.05) is 0 Å². The number of hydrogen-bond acceptors (Lipinski definition) is 6. The normalized spacial score (nSPS) is 16.6. The Kier molecular flexibility index (Phi) is 5.33. The average molecular weight is 402 g/mol. The molecular weight excluding hydrogens is 381 g/mol. The van der Waals surface area contributed by atoms with E-state index in [1.807, 2.05) is 13.8 Å². The van der Waals surface area contributed by atoms with Crippen molar-refractivity contribution in [3.8, 4) is 0 Å². The molecule has 0 saturated carbocycles. The Balaban J connectivity index is 1.75. The van der Waals surface area contributed by atoms with Crippen LogP contribution in [0.4, 0.5) is 18.9 Å². The molecular formula is C17H21F3N4O2S. The van der Waals surface area contributed by atoms with Gasteiger partial charge < -0.3 is 15.8 Å². The quantitative estimate of drug-likeness (QED) is 0.769. The molecule has 0 spiro atoms. The molecule has 10 heteroatoms. The van der Waals surface area contributed by atoms with Crippen molar-refractivity contribution in [2.75, 3.05) is 38.6 Å². The molecule has 0 unspecified atom stereocenters. The number of nitrogens with one attached hydrogen (secondary N) is 1. The number of aromatic nitrogens is 1. The van der Waals surface area contributed by atoms with E-state index in [9.17, 15) is 18.0 Å². The van der Waals surface area contributed by atoms with Crippen LogP contribution in [0.2, 0.25) is 0 Å². The second-order valence-corrected chi connectivity index (χ2v) is 8.02. The van der Waals surface area contributed by atoms with Crippen LogP contribution >= 0.6 is 11.3 Å². The predicted molar refractivity (Wildman–Crippen MR) is 97.8 cm³/mol. The number of thiazole rings is 1. The molecule has 1 saturated heterocycles. The number of ether oxygens (including phenoxy) is 1. The van der Waals surface area contributed by atoms with E-state index in [1.165, 1.54) is 0 Å². The number of rotatable bonds is 4. The molecule has 1 fully saturated rings. The highest BCUT2D eigenvalue weighted by molar-refractivity contribution is 7.20. The maximum absolute atomic E-state index is 12.9. The molecule has 1 aromatic carbocycles. The molecule has 148 valence electrons. The molecule has 1 aromatic heterocycles. The fraction of sp³-hybridized carbons (Fsp3) is 0.529. The van der Waals surface area contributed by atoms with Crippen molar-refractivity contribution in [3.05, 3.63) is 22.7 Å². The SMILES string of the molecule is CC(C)(CNC(=O)c1nc2cc(C(F)(F)F)cc(N)c2s1)N1CCOCC1. The average Bonchev–Trinajstić information content (AvgIpc) is 3.05. The molecule has 0 aliphatic carbocycles. The van der Waals surface area contributed by atoms with Crippen LogP contribution in [0, 0.1) is 0 Å². The number of alkyl halides is 3. The van der Waals surface area contributed by atoms with E-state index in [4.69, 9.17) is 10.5 Å². The van der Waals surface area contributed by atoms with Crippen LogP contribution in [-0.4, -0.2) is 54.2 Å². The highest BCUT2D eigenvalue weighted by atomic mass is 32.1. The zero-order valence-electron chi connectivity index (χ0n) is 15.0. The van der Waals surface area contributed by atoms with Gasteiger partial charge in [-0.05, 0) is 26.0 Å². The summed E-state index contributed by atoms with van der Waals surface area (Å²) < 4.78 is 44.5. The number of nitrogens with two attached hydrogens (primary N) is 1. The van der Waals surface area contributed by atoms with Crippen molar-refractivity contribution < 1.29 is 22.7 Å². The van der Waals surface area contributed by atoms with Crippen molar-refractivity contribution in [3.63, 3.8) is 0 Å². The molecule has 1 aliphatic rings. The van der Waals surface area contributed by atoms with E-state index in [-0.39, 0.29) is 21.8 Å². The molecule has 0 atom stereocenters. The summed E-state index contributed by atoms with van der Waals surface area (Å²) in [5.74, 6) is -0.425. The molecule has 3 rings (SSSR count). The second-order valence-electron chi connectivity index (χ2n) is 7.03. The van der Waals surface area contributed by atoms with Crippen molar-refractivity contribution in [1.29, 1.82) is 0 Å². The largest absolute Gasteiger partial charge is 0.416 e. The van der Waals surface area contributed by atoms with Gasteiger partial charge in [-0.3, -0.25) is 9.69 Å². The molecule has 27 heavy (non-hydrogen) atoms. The van der Waals surface area contributed by atoms with Crippen LogP contribution in [-0.2, 0) is 10.9 Å². The van der Waals surface area contributed by atoms with Crippen molar-refractivity contribution >= 4 is 33.1 Å². The van der Waals surface area contributed by atoms with Crippen LogP contribution in [0.5, 0.6) is 0 Å². The van der Waals surface area contributed by atoms with Crippen LogP contribution < -0.4 is 11.1 Å². The maximum atomic E-state index is 12.9. The standard InChI is InChI=1S/C17H21F3N4O2S/c1-16(2,24-3-5-26-6-4-24)9-22-14(25)15-23-12-8-10(17(18,19)20)7-11(21)13(12)27-15/h7-8H,3-6,9,21H2,1-2H3,(H,22,25). The summed E-state index contributed by atoms with van der Waals surface area (Å²) in [6, 6.07) is 1.78. The molecule has 0 radical (unpaired) electrons. The Morgan fingerprint density at radius 2 is 2.00 bits per heavy atom. The van der Waals surface area contributed by atoms with E-state index < -0.39 is 17.6 Å². The first kappa shape index (κ1) is 19.8. The second kappa shape index (κ2) is 7.25. The highest BCUT2D eigenvalue weighted by Gasteiger charge is 2.32. The van der Waals surface area contributed by atoms with Gasteiger partial charge >= 0.3 is 6.18 Å². The number of hydrogen-bond donors (Lipinski definition) is 2. The highest BCUT2D eigenvalue weighted by Crippen LogP contribution is 2.36. The minimum Gasteiger partial charge on any atom is -0.398 e. The Hall–Kier alpha value is -1.91. The van der Waals surface area contributed by atoms with Crippen LogP contribution in [0.25, 0.3) is 10.2 Å². The van der Waals surface area contributed by atoms with Crippen molar-refractivity contribution in [2.45, 2.75) is 25.6 Å². The van der Waals surface area contributed by atoms with E-state index in [2.05, 4.69) is 15.2 Å². The van der Waals surface area contributed by atoms with Crippen LogP contribution in [0.1, 0.15) is 29.2 Å². The van der Waals surface area contributed by atoms with E-state index in [0.717, 1.165) is 36.6 Å². The summed E-state index contributed by atoms with van der Waals surface area (Å²) in [6.45, 7) is 7.27. The third-order valence-electron chi connectivity index (χ3n) is 4.59. The number of morpholine rings is 1. The third kappa shape index (κ3) is 4.33. The minimum atomic E-state index is -4.52. The van der Waals surface area contributed by atoms with E-state index in [1.54, 1.807) is 0 Å². The van der Waals surface area contributed by atoms with Gasteiger partial charge in [-0.2, -0.15) is 13.2 Å². The topological polar surface area (TPSA) is 80.5 Å². The lowest BCUT2D eigenvalue weighted by Gasteiger charge is -2.40. The molecule has 2 aromatic rings. The first-order valence-electron chi connectivity index (χ1n) is 8.46. The number of carbonyl (C=O) groups is 1. The smallest absolute Gasteiger partial charge is 0.398 e. The number of amides is 1. The van der Waals surface area contributed by atoms with Gasteiger partial charge in [0.2, 0.25) is 0 Å². The van der Waals surface area contributed by atoms with Gasteiger partial charge in [0.25, 0.3) is 5.91 Å². The lowest BCUT2D eigenvalue weighted by Crippen LogP contribution is -2.55. The van der Waals surface area contributed by atoms with E-state index >= 15 is 0 Å². The summed E-state index contributed by atoms with van der Waals surface area (Å²) in [4.78, 5) is 18.7. The maximum Gasteiger partial charge on any atom is 0.416 e. The van der Waals surface area contributed by atoms with Crippen LogP contribution in [0.15, 0.2) is 12.1 Å². The lowest BCUT2D eigenvalue weighted by atomic mass is 10.0. The van der Waals surface area contributed by atoms with Gasteiger partial charge in [0, 0.05) is 25.2 Å². The number of nitrogen functional groups attached to an aromatic ring is 1. The first-order chi connectivity index (χ1) is 12.6. The Morgan fingerprint density at radius 3 is 2.63 bits per heavy atom. The van der Waals surface area contributed by atoms with Crippen molar-refractivity contribution in [2.24, 2.45) is 0 Å². The van der Waals surface area contributed by atoms with Gasteiger partial charge in [-0.25, -0.2) is 4.98 Å². The van der Waals surface area contributed by atoms with Gasteiger partial charge in [0.05, 0.1) is 34.7 Å². The minimum absolute atomic E-state index is 0.0370. The summed E-state index contributed by atoms with van der Waals surface area (Å²) in [5, 5.41) is 2.92. The third-order valence-corrected chi connectivity index (χ3v) is 5.71. The Bertz CT molecular complexity index is 845. The number of carbonyl (C=O) groups excluding carboxylic acids is 1. The number of benzene rings is 1. The monoisotopic (exact) mass is 402 g/mol. The number of fused-ring (bicyclic) bond motifs is 1. The summed E-state index contributed by atoms with van der Waals surface area (Å²) in [7, 11) is 0. The molecule has 1 amide bonds. The summed E-state index contributed by atoms with van der Waals surface area (Å²) >= 11 is 0.988. The number of nitrogens with zero attached hydrogens (tertiary/aromatic N) is 2. The Morgan fingerprint density at radius 1 is 1.33 bits per heavy atom. The number of halogens is 3. The summed E-state index contributed by atoms with van der Waals surface area (Å²) in [6.07, 6.45) is -4.52. The fourth-order valence-corrected chi connectivity index (χ4v) is 3.86. The molecule has 2 heterocycles. The van der Waals surface area contributed by atoms with Gasteiger partial charge in [-0.15, -0.1) is 11.3 Å². The van der Waals surface area contributed by atoms with Crippen LogP contribution in [0.3, 0.4) is 0 Å². The molecule has 1 aliphatic heterocycles. The molecule has 0 bridgehead atoms. The molecule has 6 nitrogen and oxygen atoms in total. The molecule has 3 N–H and O–H groups in total. The van der Waals surface area contributed by atoms with Gasteiger partial charge in [0.15, 0.2) is 5.01 Å². The lowest BCUT2D eigenvalue weighted by molar-refractivity contribution is -0.137. The Labute approximate surface area is 158 Å². The zero-order chi connectivity index (χ0) is 19.8.